The molecule has 1 heterocycles. The third kappa shape index (κ3) is 4.93. The van der Waals surface area contributed by atoms with Crippen LogP contribution in [-0.4, -0.2) is 44.0 Å². The summed E-state index contributed by atoms with van der Waals surface area (Å²) in [7, 11) is 0. The van der Waals surface area contributed by atoms with E-state index in [-0.39, 0.29) is 0 Å². The highest BCUT2D eigenvalue weighted by Crippen LogP contribution is 2.28. The van der Waals surface area contributed by atoms with Gasteiger partial charge in [0.15, 0.2) is 0 Å². The number of aromatic carboxylic acids is 1. The highest BCUT2D eigenvalue weighted by atomic mass is 79.9. The highest BCUT2D eigenvalue weighted by molar-refractivity contribution is 9.10. The fraction of sp³-hybridized carbons (Fsp3) is 0.350. The van der Waals surface area contributed by atoms with Crippen LogP contribution < -0.4 is 15.0 Å². The molecule has 0 radical (unpaired) electrons. The number of halogens is 1. The topological polar surface area (TPSA) is 71.0 Å². The lowest BCUT2D eigenvalue weighted by Gasteiger charge is -2.30. The van der Waals surface area contributed by atoms with Gasteiger partial charge in [-0.05, 0) is 43.3 Å². The van der Waals surface area contributed by atoms with E-state index < -0.39 is 5.97 Å². The molecule has 0 aliphatic carbocycles. The van der Waals surface area contributed by atoms with Crippen LogP contribution in [0.1, 0.15) is 22.8 Å². The largest absolute Gasteiger partial charge is 0.494 e. The third-order valence-corrected chi connectivity index (χ3v) is 4.88. The van der Waals surface area contributed by atoms with Crippen LogP contribution in [0, 0.1) is 0 Å². The summed E-state index contributed by atoms with van der Waals surface area (Å²) in [6.07, 6.45) is 0. The van der Waals surface area contributed by atoms with Gasteiger partial charge in [-0.25, -0.2) is 4.79 Å². The van der Waals surface area contributed by atoms with Gasteiger partial charge in [0.05, 0.1) is 31.1 Å². The number of anilines is 2. The molecule has 1 fully saturated rings. The minimum absolute atomic E-state index is 0.293. The van der Waals surface area contributed by atoms with Gasteiger partial charge < -0.3 is 24.8 Å². The molecular weight excluding hydrogens is 412 g/mol. The smallest absolute Gasteiger partial charge is 0.337 e. The predicted octanol–water partition coefficient (Wildman–Crippen LogP) is 3.99. The zero-order chi connectivity index (χ0) is 19.2. The van der Waals surface area contributed by atoms with Crippen LogP contribution in [0.2, 0.25) is 0 Å². The number of hydrogen-bond acceptors (Lipinski definition) is 5. The molecule has 1 saturated heterocycles. The number of benzene rings is 2. The van der Waals surface area contributed by atoms with Crippen molar-refractivity contribution < 1.29 is 19.4 Å². The van der Waals surface area contributed by atoms with Crippen molar-refractivity contribution in [3.05, 3.63) is 52.0 Å². The first-order valence-electron chi connectivity index (χ1n) is 8.93. The van der Waals surface area contributed by atoms with Gasteiger partial charge in [0.1, 0.15) is 5.75 Å². The molecule has 0 saturated carbocycles. The van der Waals surface area contributed by atoms with Gasteiger partial charge in [-0.3, -0.25) is 0 Å². The van der Waals surface area contributed by atoms with E-state index in [1.165, 1.54) is 0 Å². The molecule has 3 rings (SSSR count). The van der Waals surface area contributed by atoms with Gasteiger partial charge in [-0.1, -0.05) is 15.9 Å². The number of morpholine rings is 1. The lowest BCUT2D eigenvalue weighted by molar-refractivity contribution is 0.0696. The van der Waals surface area contributed by atoms with E-state index in [9.17, 15) is 9.90 Å². The molecule has 27 heavy (non-hydrogen) atoms. The van der Waals surface area contributed by atoms with Gasteiger partial charge in [0.2, 0.25) is 0 Å². The number of nitrogens with one attached hydrogen (secondary N) is 1. The fourth-order valence-corrected chi connectivity index (χ4v) is 3.49. The zero-order valence-electron chi connectivity index (χ0n) is 15.2. The maximum Gasteiger partial charge on any atom is 0.337 e. The summed E-state index contributed by atoms with van der Waals surface area (Å²) in [5.74, 6) is -0.116. The molecule has 0 aromatic heterocycles. The van der Waals surface area contributed by atoms with Crippen LogP contribution in [0.25, 0.3) is 0 Å². The van der Waals surface area contributed by atoms with E-state index in [0.29, 0.717) is 45.0 Å². The number of ether oxygens (including phenoxy) is 2. The standard InChI is InChI=1S/C20H23BrN2O4/c1-2-27-19-6-3-15(21)11-14(19)13-22-16-4-5-18(17(12-16)20(24)25)23-7-9-26-10-8-23/h3-6,11-12,22H,2,7-10,13H2,1H3,(H,24,25). The SMILES string of the molecule is CCOc1ccc(Br)cc1CNc1ccc(N2CCOCC2)c(C(=O)O)c1. The summed E-state index contributed by atoms with van der Waals surface area (Å²) in [5, 5.41) is 12.9. The number of nitrogens with zero attached hydrogens (tertiary/aromatic N) is 1. The molecule has 7 heteroatoms. The molecule has 0 bridgehead atoms. The Bertz CT molecular complexity index is 807. The van der Waals surface area contributed by atoms with Crippen molar-refractivity contribution in [1.82, 2.24) is 0 Å². The van der Waals surface area contributed by atoms with Crippen molar-refractivity contribution in [2.45, 2.75) is 13.5 Å². The Labute approximate surface area is 167 Å². The Morgan fingerprint density at radius 1 is 1.26 bits per heavy atom. The van der Waals surface area contributed by atoms with Gasteiger partial charge in [0, 0.05) is 35.4 Å². The average Bonchev–Trinajstić information content (AvgIpc) is 2.68. The molecule has 2 aromatic carbocycles. The summed E-state index contributed by atoms with van der Waals surface area (Å²) < 4.78 is 12.0. The highest BCUT2D eigenvalue weighted by Gasteiger charge is 2.19. The van der Waals surface area contributed by atoms with Crippen molar-refractivity contribution in [3.63, 3.8) is 0 Å². The second-order valence-electron chi connectivity index (χ2n) is 6.18. The molecule has 144 valence electrons. The predicted molar refractivity (Wildman–Crippen MR) is 109 cm³/mol. The van der Waals surface area contributed by atoms with Crippen LogP contribution in [0.4, 0.5) is 11.4 Å². The molecule has 1 aliphatic heterocycles. The first-order valence-corrected chi connectivity index (χ1v) is 9.73. The Balaban J connectivity index is 1.79. The zero-order valence-corrected chi connectivity index (χ0v) is 16.8. The first-order chi connectivity index (χ1) is 13.1. The van der Waals surface area contributed by atoms with Gasteiger partial charge in [-0.15, -0.1) is 0 Å². The van der Waals surface area contributed by atoms with Gasteiger partial charge in [0.25, 0.3) is 0 Å². The maximum atomic E-state index is 11.8. The second-order valence-corrected chi connectivity index (χ2v) is 7.09. The number of carboxylic acid groups (broad SMARTS) is 1. The molecule has 6 nitrogen and oxygen atoms in total. The van der Waals surface area contributed by atoms with Crippen LogP contribution in [0.3, 0.4) is 0 Å². The van der Waals surface area contributed by atoms with E-state index >= 15 is 0 Å². The monoisotopic (exact) mass is 434 g/mol. The minimum Gasteiger partial charge on any atom is -0.494 e. The number of hydrogen-bond donors (Lipinski definition) is 2. The van der Waals surface area contributed by atoms with Crippen LogP contribution in [0.15, 0.2) is 40.9 Å². The van der Waals surface area contributed by atoms with Gasteiger partial charge in [-0.2, -0.15) is 0 Å². The van der Waals surface area contributed by atoms with Crippen LogP contribution in [-0.2, 0) is 11.3 Å². The normalized spacial score (nSPS) is 14.1. The summed E-state index contributed by atoms with van der Waals surface area (Å²) in [6, 6.07) is 11.3. The Morgan fingerprint density at radius 3 is 2.74 bits per heavy atom. The van der Waals surface area contributed by atoms with Crippen molar-refractivity contribution in [3.8, 4) is 5.75 Å². The van der Waals surface area contributed by atoms with Crippen LogP contribution in [0.5, 0.6) is 5.75 Å². The second kappa shape index (κ2) is 9.10. The van der Waals surface area contributed by atoms with E-state index in [1.807, 2.05) is 37.3 Å². The first kappa shape index (κ1) is 19.5. The van der Waals surface area contributed by atoms with E-state index in [0.717, 1.165) is 27.2 Å². The van der Waals surface area contributed by atoms with E-state index in [4.69, 9.17) is 9.47 Å². The number of carbonyl (C=O) groups is 1. The summed E-state index contributed by atoms with van der Waals surface area (Å²) >= 11 is 3.48. The van der Waals surface area contributed by atoms with Crippen molar-refractivity contribution in [1.29, 1.82) is 0 Å². The van der Waals surface area contributed by atoms with E-state index in [1.54, 1.807) is 6.07 Å². The lowest BCUT2D eigenvalue weighted by Crippen LogP contribution is -2.37. The number of carboxylic acids is 1. The Kier molecular flexibility index (Phi) is 6.58. The summed E-state index contributed by atoms with van der Waals surface area (Å²) in [6.45, 7) is 5.69. The molecule has 1 aliphatic rings. The molecule has 0 spiro atoms. The minimum atomic E-state index is -0.933. The summed E-state index contributed by atoms with van der Waals surface area (Å²) in [4.78, 5) is 13.8. The van der Waals surface area contributed by atoms with Crippen LogP contribution >= 0.6 is 15.9 Å². The molecule has 0 unspecified atom stereocenters. The van der Waals surface area contributed by atoms with Crippen molar-refractivity contribution >= 4 is 33.3 Å². The summed E-state index contributed by atoms with van der Waals surface area (Å²) in [5.41, 5.74) is 2.78. The molecule has 2 N–H and O–H groups in total. The van der Waals surface area contributed by atoms with Crippen molar-refractivity contribution in [2.75, 3.05) is 43.1 Å². The van der Waals surface area contributed by atoms with Gasteiger partial charge >= 0.3 is 5.97 Å². The maximum absolute atomic E-state index is 11.8. The fourth-order valence-electron chi connectivity index (χ4n) is 3.08. The Morgan fingerprint density at radius 2 is 2.04 bits per heavy atom. The molecular formula is C20H23BrN2O4. The van der Waals surface area contributed by atoms with E-state index in [2.05, 4.69) is 26.1 Å². The molecule has 2 aromatic rings. The quantitative estimate of drug-likeness (QED) is 0.686. The Hall–Kier alpha value is -2.25. The molecule has 0 atom stereocenters. The average molecular weight is 435 g/mol. The number of rotatable bonds is 7. The third-order valence-electron chi connectivity index (χ3n) is 4.38. The molecule has 0 amide bonds. The van der Waals surface area contributed by atoms with Crippen molar-refractivity contribution in [2.24, 2.45) is 0 Å². The lowest BCUT2D eigenvalue weighted by atomic mass is 10.1.